The Hall–Kier alpha value is -0.120. The highest BCUT2D eigenvalue weighted by Crippen LogP contribution is 2.07. The molecule has 0 aliphatic heterocycles. The van der Waals surface area contributed by atoms with Gasteiger partial charge in [-0.1, -0.05) is 19.8 Å². The van der Waals surface area contributed by atoms with E-state index in [0.29, 0.717) is 6.42 Å². The fourth-order valence-corrected chi connectivity index (χ4v) is 0.906. The summed E-state index contributed by atoms with van der Waals surface area (Å²) in [4.78, 5) is 0. The summed E-state index contributed by atoms with van der Waals surface area (Å²) in [7, 11) is 0. The summed E-state index contributed by atoms with van der Waals surface area (Å²) >= 11 is 0. The van der Waals surface area contributed by atoms with E-state index < -0.39 is 18.3 Å². The second kappa shape index (κ2) is 5.52. The molecule has 0 fully saturated rings. The molecule has 68 valence electrons. The van der Waals surface area contributed by atoms with Gasteiger partial charge in [-0.2, -0.15) is 0 Å². The predicted molar refractivity (Wildman–Crippen MR) is 43.2 cm³/mol. The molecule has 0 aromatic carbocycles. The molecule has 0 heterocycles. The van der Waals surface area contributed by atoms with Crippen LogP contribution in [-0.2, 0) is 0 Å². The van der Waals surface area contributed by atoms with E-state index in [1.165, 1.54) is 6.92 Å². The molecule has 0 aromatic heterocycles. The fourth-order valence-electron chi connectivity index (χ4n) is 0.906. The van der Waals surface area contributed by atoms with Crippen LogP contribution >= 0.6 is 0 Å². The van der Waals surface area contributed by atoms with Crippen LogP contribution in [0.4, 0.5) is 0 Å². The van der Waals surface area contributed by atoms with E-state index >= 15 is 0 Å². The number of aliphatic hydroxyl groups excluding tert-OH is 3. The Labute approximate surface area is 67.7 Å². The van der Waals surface area contributed by atoms with Crippen molar-refractivity contribution in [3.05, 3.63) is 0 Å². The summed E-state index contributed by atoms with van der Waals surface area (Å²) in [5.74, 6) is 0. The van der Waals surface area contributed by atoms with Gasteiger partial charge in [0.15, 0.2) is 0 Å². The van der Waals surface area contributed by atoms with Crippen molar-refractivity contribution in [3.63, 3.8) is 0 Å². The van der Waals surface area contributed by atoms with Crippen molar-refractivity contribution in [2.75, 3.05) is 0 Å². The van der Waals surface area contributed by atoms with E-state index in [1.54, 1.807) is 0 Å². The van der Waals surface area contributed by atoms with E-state index in [-0.39, 0.29) is 0 Å². The molecule has 3 unspecified atom stereocenters. The van der Waals surface area contributed by atoms with Crippen LogP contribution < -0.4 is 0 Å². The minimum atomic E-state index is -0.999. The SMILES string of the molecule is CCCCC(O)C(O)C(C)O. The molecule has 3 nitrogen and oxygen atoms in total. The number of unbranched alkanes of at least 4 members (excludes halogenated alkanes) is 1. The first-order valence-corrected chi connectivity index (χ1v) is 4.13. The Bertz CT molecular complexity index is 93.3. The van der Waals surface area contributed by atoms with E-state index in [2.05, 4.69) is 0 Å². The summed E-state index contributed by atoms with van der Waals surface area (Å²) in [5.41, 5.74) is 0. The third-order valence-corrected chi connectivity index (χ3v) is 1.74. The third-order valence-electron chi connectivity index (χ3n) is 1.74. The van der Waals surface area contributed by atoms with Crippen LogP contribution in [-0.4, -0.2) is 33.6 Å². The summed E-state index contributed by atoms with van der Waals surface area (Å²) < 4.78 is 0. The molecule has 0 amide bonds. The van der Waals surface area contributed by atoms with Crippen LogP contribution in [0.2, 0.25) is 0 Å². The van der Waals surface area contributed by atoms with Crippen molar-refractivity contribution in [2.45, 2.75) is 51.4 Å². The topological polar surface area (TPSA) is 60.7 Å². The van der Waals surface area contributed by atoms with E-state index in [9.17, 15) is 5.11 Å². The van der Waals surface area contributed by atoms with Crippen molar-refractivity contribution < 1.29 is 15.3 Å². The lowest BCUT2D eigenvalue weighted by Crippen LogP contribution is -2.35. The highest BCUT2D eigenvalue weighted by atomic mass is 16.4. The van der Waals surface area contributed by atoms with Crippen LogP contribution in [0.1, 0.15) is 33.1 Å². The van der Waals surface area contributed by atoms with Gasteiger partial charge in [0.05, 0.1) is 12.2 Å². The number of hydrogen-bond donors (Lipinski definition) is 3. The molecule has 0 aliphatic rings. The Kier molecular flexibility index (Phi) is 5.46. The average molecular weight is 162 g/mol. The average Bonchev–Trinajstić information content (AvgIpc) is 1.98. The molecule has 3 atom stereocenters. The van der Waals surface area contributed by atoms with Crippen LogP contribution in [0.3, 0.4) is 0 Å². The van der Waals surface area contributed by atoms with Gasteiger partial charge in [-0.15, -0.1) is 0 Å². The standard InChI is InChI=1S/C8H18O3/c1-3-4-5-7(10)8(11)6(2)9/h6-11H,3-5H2,1-2H3. The Morgan fingerprint density at radius 3 is 2.09 bits per heavy atom. The summed E-state index contributed by atoms with van der Waals surface area (Å²) in [6.07, 6.45) is -0.199. The molecule has 0 saturated carbocycles. The molecule has 0 saturated heterocycles. The summed E-state index contributed by atoms with van der Waals surface area (Å²) in [6.45, 7) is 3.49. The van der Waals surface area contributed by atoms with E-state index in [1.807, 2.05) is 6.92 Å². The van der Waals surface area contributed by atoms with Crippen LogP contribution in [0.5, 0.6) is 0 Å². The lowest BCUT2D eigenvalue weighted by molar-refractivity contribution is -0.0548. The van der Waals surface area contributed by atoms with Gasteiger partial charge in [-0.05, 0) is 13.3 Å². The van der Waals surface area contributed by atoms with Gasteiger partial charge in [-0.3, -0.25) is 0 Å². The van der Waals surface area contributed by atoms with Gasteiger partial charge in [0.25, 0.3) is 0 Å². The number of hydrogen-bond acceptors (Lipinski definition) is 3. The van der Waals surface area contributed by atoms with Gasteiger partial charge >= 0.3 is 0 Å². The van der Waals surface area contributed by atoms with Gasteiger partial charge in [0, 0.05) is 0 Å². The molecule has 0 rings (SSSR count). The van der Waals surface area contributed by atoms with Crippen molar-refractivity contribution in [1.29, 1.82) is 0 Å². The molecule has 0 aliphatic carbocycles. The molecule has 0 spiro atoms. The van der Waals surface area contributed by atoms with Crippen molar-refractivity contribution >= 4 is 0 Å². The van der Waals surface area contributed by atoms with Gasteiger partial charge in [0.1, 0.15) is 6.10 Å². The Morgan fingerprint density at radius 2 is 1.73 bits per heavy atom. The number of rotatable bonds is 5. The molecule has 0 bridgehead atoms. The van der Waals surface area contributed by atoms with Gasteiger partial charge < -0.3 is 15.3 Å². The normalized spacial score (nSPS) is 19.4. The van der Waals surface area contributed by atoms with Crippen LogP contribution in [0, 0.1) is 0 Å². The van der Waals surface area contributed by atoms with Crippen molar-refractivity contribution in [1.82, 2.24) is 0 Å². The zero-order valence-electron chi connectivity index (χ0n) is 7.20. The summed E-state index contributed by atoms with van der Waals surface area (Å²) in [5, 5.41) is 27.2. The minimum Gasteiger partial charge on any atom is -0.391 e. The molecular weight excluding hydrogens is 144 g/mol. The van der Waals surface area contributed by atoms with Gasteiger partial charge in [0.2, 0.25) is 0 Å². The molecule has 3 heteroatoms. The first-order chi connectivity index (χ1) is 5.09. The van der Waals surface area contributed by atoms with Gasteiger partial charge in [-0.25, -0.2) is 0 Å². The van der Waals surface area contributed by atoms with Crippen LogP contribution in [0.15, 0.2) is 0 Å². The monoisotopic (exact) mass is 162 g/mol. The van der Waals surface area contributed by atoms with Crippen LogP contribution in [0.25, 0.3) is 0 Å². The number of aliphatic hydroxyl groups is 3. The first-order valence-electron chi connectivity index (χ1n) is 4.13. The Morgan fingerprint density at radius 1 is 1.18 bits per heavy atom. The maximum absolute atomic E-state index is 9.21. The lowest BCUT2D eigenvalue weighted by Gasteiger charge is -2.19. The Balaban J connectivity index is 3.55. The largest absolute Gasteiger partial charge is 0.391 e. The van der Waals surface area contributed by atoms with E-state index in [0.717, 1.165) is 12.8 Å². The molecule has 0 radical (unpaired) electrons. The molecule has 11 heavy (non-hydrogen) atoms. The lowest BCUT2D eigenvalue weighted by atomic mass is 10.0. The third kappa shape index (κ3) is 4.35. The minimum absolute atomic E-state index is 0.558. The second-order valence-corrected chi connectivity index (χ2v) is 2.94. The highest BCUT2D eigenvalue weighted by molar-refractivity contribution is 4.71. The predicted octanol–water partition coefficient (Wildman–Crippen LogP) is 0.279. The molecular formula is C8H18O3. The maximum atomic E-state index is 9.21. The van der Waals surface area contributed by atoms with E-state index in [4.69, 9.17) is 10.2 Å². The fraction of sp³-hybridized carbons (Fsp3) is 1.00. The maximum Gasteiger partial charge on any atom is 0.105 e. The molecule has 3 N–H and O–H groups in total. The quantitative estimate of drug-likeness (QED) is 0.544. The smallest absolute Gasteiger partial charge is 0.105 e. The zero-order chi connectivity index (χ0) is 8.85. The zero-order valence-corrected chi connectivity index (χ0v) is 7.20. The van der Waals surface area contributed by atoms with Crippen molar-refractivity contribution in [3.8, 4) is 0 Å². The highest BCUT2D eigenvalue weighted by Gasteiger charge is 2.19. The second-order valence-electron chi connectivity index (χ2n) is 2.94. The first kappa shape index (κ1) is 10.9. The molecule has 0 aromatic rings. The van der Waals surface area contributed by atoms with Crippen molar-refractivity contribution in [2.24, 2.45) is 0 Å². The summed E-state index contributed by atoms with van der Waals surface area (Å²) in [6, 6.07) is 0.